The molecule has 1 fully saturated rings. The Morgan fingerprint density at radius 3 is 2.31 bits per heavy atom. The number of carbonyl (C=O) groups is 1. The Bertz CT molecular complexity index is 1020. The first-order chi connectivity index (χ1) is 15.2. The van der Waals surface area contributed by atoms with Gasteiger partial charge in [-0.25, -0.2) is 8.42 Å². The number of benzene rings is 2. The number of sulfonamides is 1. The Labute approximate surface area is 192 Å². The molecule has 8 heteroatoms. The largest absolute Gasteiger partial charge is 0.369 e. The smallest absolute Gasteiger partial charge is 0.243 e. The van der Waals surface area contributed by atoms with Crippen LogP contribution in [0.3, 0.4) is 0 Å². The van der Waals surface area contributed by atoms with E-state index < -0.39 is 10.0 Å². The van der Waals surface area contributed by atoms with Crippen molar-refractivity contribution in [2.75, 3.05) is 51.2 Å². The van der Waals surface area contributed by atoms with Gasteiger partial charge < -0.3 is 10.2 Å². The molecule has 174 valence electrons. The molecule has 1 N–H and O–H groups in total. The fourth-order valence-corrected chi connectivity index (χ4v) is 5.06. The van der Waals surface area contributed by atoms with Crippen molar-refractivity contribution in [2.45, 2.75) is 31.7 Å². The number of anilines is 1. The van der Waals surface area contributed by atoms with Gasteiger partial charge in [-0.2, -0.15) is 4.31 Å². The van der Waals surface area contributed by atoms with E-state index in [1.807, 2.05) is 19.9 Å². The highest BCUT2D eigenvalue weighted by molar-refractivity contribution is 7.89. The van der Waals surface area contributed by atoms with Gasteiger partial charge in [0.1, 0.15) is 0 Å². The average Bonchev–Trinajstić information content (AvgIpc) is 2.79. The van der Waals surface area contributed by atoms with E-state index in [0.717, 1.165) is 41.6 Å². The summed E-state index contributed by atoms with van der Waals surface area (Å²) in [5, 5.41) is 2.90. The normalized spacial score (nSPS) is 16.2. The molecule has 1 amide bonds. The zero-order valence-electron chi connectivity index (χ0n) is 19.4. The molecule has 3 rings (SSSR count). The lowest BCUT2D eigenvalue weighted by Gasteiger charge is -2.39. The molecule has 1 aliphatic heterocycles. The Hall–Kier alpha value is -2.42. The number of nitrogens with zero attached hydrogens (tertiary/aromatic N) is 3. The second-order valence-electron chi connectivity index (χ2n) is 8.52. The summed E-state index contributed by atoms with van der Waals surface area (Å²) >= 11 is 0. The third-order valence-corrected chi connectivity index (χ3v) is 8.01. The Morgan fingerprint density at radius 1 is 1.03 bits per heavy atom. The number of piperazine rings is 1. The summed E-state index contributed by atoms with van der Waals surface area (Å²) < 4.78 is 26.7. The van der Waals surface area contributed by atoms with Crippen LogP contribution >= 0.6 is 0 Å². The van der Waals surface area contributed by atoms with Gasteiger partial charge in [0.25, 0.3) is 0 Å². The zero-order valence-corrected chi connectivity index (χ0v) is 20.2. The number of aryl methyl sites for hydroxylation is 2. The van der Waals surface area contributed by atoms with Crippen molar-refractivity contribution in [2.24, 2.45) is 0 Å². The fraction of sp³-hybridized carbons (Fsp3) is 0.458. The minimum Gasteiger partial charge on any atom is -0.369 e. The number of amides is 1. The van der Waals surface area contributed by atoms with Gasteiger partial charge >= 0.3 is 0 Å². The lowest BCUT2D eigenvalue weighted by atomic mass is 10.1. The Kier molecular flexibility index (Phi) is 7.92. The number of likely N-dealkylation sites (N-methyl/N-ethyl adjacent to an activating group) is 1. The number of carbonyl (C=O) groups excluding carboxylic acids is 1. The van der Waals surface area contributed by atoms with E-state index in [4.69, 9.17) is 0 Å². The van der Waals surface area contributed by atoms with Crippen LogP contribution in [0.4, 0.5) is 5.69 Å². The predicted molar refractivity (Wildman–Crippen MR) is 128 cm³/mol. The molecular formula is C24H34N4O3S. The van der Waals surface area contributed by atoms with Crippen LogP contribution in [-0.4, -0.2) is 75.9 Å². The first-order valence-corrected chi connectivity index (χ1v) is 12.5. The van der Waals surface area contributed by atoms with Gasteiger partial charge in [-0.1, -0.05) is 24.3 Å². The summed E-state index contributed by atoms with van der Waals surface area (Å²) in [6.07, 6.45) is 0. The molecule has 1 aliphatic rings. The van der Waals surface area contributed by atoms with Gasteiger partial charge in [-0.3, -0.25) is 9.69 Å². The van der Waals surface area contributed by atoms with E-state index in [9.17, 15) is 13.2 Å². The minimum absolute atomic E-state index is 0.179. The number of rotatable bonds is 8. The van der Waals surface area contributed by atoms with Crippen molar-refractivity contribution in [1.82, 2.24) is 14.5 Å². The second kappa shape index (κ2) is 10.5. The van der Waals surface area contributed by atoms with Gasteiger partial charge in [0, 0.05) is 51.5 Å². The minimum atomic E-state index is -3.71. The molecule has 2 aromatic carbocycles. The van der Waals surface area contributed by atoms with Crippen molar-refractivity contribution in [3.8, 4) is 0 Å². The van der Waals surface area contributed by atoms with Crippen molar-refractivity contribution in [3.05, 3.63) is 59.7 Å². The van der Waals surface area contributed by atoms with Gasteiger partial charge in [0.05, 0.1) is 11.4 Å². The molecule has 7 nitrogen and oxygen atoms in total. The molecule has 1 atom stereocenters. The zero-order chi connectivity index (χ0) is 23.3. The van der Waals surface area contributed by atoms with Crippen LogP contribution in [0.15, 0.2) is 53.4 Å². The number of hydrogen-bond acceptors (Lipinski definition) is 5. The number of hydrogen-bond donors (Lipinski definition) is 1. The highest BCUT2D eigenvalue weighted by atomic mass is 32.2. The molecule has 0 saturated carbocycles. The first-order valence-electron chi connectivity index (χ1n) is 11.0. The van der Waals surface area contributed by atoms with Gasteiger partial charge in [-0.05, 0) is 56.2 Å². The third kappa shape index (κ3) is 5.88. The lowest BCUT2D eigenvalue weighted by Crippen LogP contribution is -2.53. The summed E-state index contributed by atoms with van der Waals surface area (Å²) in [5.41, 5.74) is 3.18. The van der Waals surface area contributed by atoms with Gasteiger partial charge in [-0.15, -0.1) is 0 Å². The van der Waals surface area contributed by atoms with Crippen molar-refractivity contribution < 1.29 is 13.2 Å². The highest BCUT2D eigenvalue weighted by Gasteiger charge is 2.25. The van der Waals surface area contributed by atoms with Crippen LogP contribution in [0.5, 0.6) is 0 Å². The molecule has 0 radical (unpaired) electrons. The molecule has 0 aliphatic carbocycles. The quantitative estimate of drug-likeness (QED) is 0.657. The Balaban J connectivity index is 1.46. The highest BCUT2D eigenvalue weighted by Crippen LogP contribution is 2.18. The van der Waals surface area contributed by atoms with Crippen molar-refractivity contribution in [1.29, 1.82) is 0 Å². The van der Waals surface area contributed by atoms with E-state index in [1.54, 1.807) is 18.2 Å². The van der Waals surface area contributed by atoms with Crippen LogP contribution in [-0.2, 0) is 14.8 Å². The molecule has 1 saturated heterocycles. The molecule has 0 bridgehead atoms. The summed E-state index contributed by atoms with van der Waals surface area (Å²) in [7, 11) is -2.27. The first kappa shape index (κ1) is 24.2. The van der Waals surface area contributed by atoms with Gasteiger partial charge in [0.2, 0.25) is 15.9 Å². The van der Waals surface area contributed by atoms with E-state index in [0.29, 0.717) is 6.54 Å². The van der Waals surface area contributed by atoms with Crippen LogP contribution in [0.2, 0.25) is 0 Å². The lowest BCUT2D eigenvalue weighted by molar-refractivity contribution is -0.121. The van der Waals surface area contributed by atoms with Crippen LogP contribution in [0, 0.1) is 13.8 Å². The molecule has 1 unspecified atom stereocenters. The Morgan fingerprint density at radius 2 is 1.69 bits per heavy atom. The average molecular weight is 459 g/mol. The van der Waals surface area contributed by atoms with E-state index in [-0.39, 0.29) is 23.4 Å². The van der Waals surface area contributed by atoms with E-state index >= 15 is 0 Å². The standard InChI is InChI=1S/C24H34N4O3S/c1-19-10-11-23(16-20(19)2)32(30,31)26(4)18-24(29)25-17-21(3)27-12-14-28(15-13-27)22-8-6-5-7-9-22/h5-11,16,21H,12-15,17-18H2,1-4H3,(H,25,29). The summed E-state index contributed by atoms with van der Waals surface area (Å²) in [6.45, 7) is 9.92. The maximum absolute atomic E-state index is 12.8. The molecule has 32 heavy (non-hydrogen) atoms. The van der Waals surface area contributed by atoms with Crippen molar-refractivity contribution in [3.63, 3.8) is 0 Å². The molecule has 0 aromatic heterocycles. The topological polar surface area (TPSA) is 73.0 Å². The molecule has 1 heterocycles. The number of para-hydroxylation sites is 1. The van der Waals surface area contributed by atoms with Crippen LogP contribution in [0.25, 0.3) is 0 Å². The van der Waals surface area contributed by atoms with E-state index in [2.05, 4.69) is 46.3 Å². The molecule has 2 aromatic rings. The number of nitrogens with one attached hydrogen (secondary N) is 1. The maximum atomic E-state index is 12.8. The summed E-state index contributed by atoms with van der Waals surface area (Å²) in [4.78, 5) is 17.4. The second-order valence-corrected chi connectivity index (χ2v) is 10.6. The van der Waals surface area contributed by atoms with Crippen LogP contribution in [0.1, 0.15) is 18.1 Å². The predicted octanol–water partition coefficient (Wildman–Crippen LogP) is 2.25. The molecular weight excluding hydrogens is 424 g/mol. The third-order valence-electron chi connectivity index (χ3n) is 6.21. The summed E-state index contributed by atoms with van der Waals surface area (Å²) in [5.74, 6) is -0.297. The summed E-state index contributed by atoms with van der Waals surface area (Å²) in [6, 6.07) is 15.6. The van der Waals surface area contributed by atoms with Crippen molar-refractivity contribution >= 4 is 21.6 Å². The molecule has 0 spiro atoms. The van der Waals surface area contributed by atoms with Gasteiger partial charge in [0.15, 0.2) is 0 Å². The van der Waals surface area contributed by atoms with Crippen LogP contribution < -0.4 is 10.2 Å². The SMILES string of the molecule is Cc1ccc(S(=O)(=O)N(C)CC(=O)NCC(C)N2CCN(c3ccccc3)CC2)cc1C. The fourth-order valence-electron chi connectivity index (χ4n) is 3.85. The maximum Gasteiger partial charge on any atom is 0.243 e. The van der Waals surface area contributed by atoms with E-state index in [1.165, 1.54) is 12.7 Å². The monoisotopic (exact) mass is 458 g/mol.